The van der Waals surface area contributed by atoms with Crippen LogP contribution in [-0.4, -0.2) is 30.8 Å². The molecule has 1 saturated heterocycles. The highest BCUT2D eigenvalue weighted by molar-refractivity contribution is 5.59. The van der Waals surface area contributed by atoms with E-state index in [1.165, 1.54) is 38.6 Å². The van der Waals surface area contributed by atoms with Gasteiger partial charge in [-0.1, -0.05) is 26.7 Å². The van der Waals surface area contributed by atoms with Gasteiger partial charge in [0.2, 0.25) is 0 Å². The first-order valence-corrected chi connectivity index (χ1v) is 6.85. The Kier molecular flexibility index (Phi) is 3.68. The second-order valence-electron chi connectivity index (χ2n) is 6.17. The first-order valence-electron chi connectivity index (χ1n) is 6.85. The first-order chi connectivity index (χ1) is 7.67. The van der Waals surface area contributed by atoms with Gasteiger partial charge in [0.1, 0.15) is 6.29 Å². The maximum absolute atomic E-state index is 11.2. The van der Waals surface area contributed by atoms with Crippen LogP contribution in [0.4, 0.5) is 0 Å². The molecule has 0 aromatic heterocycles. The van der Waals surface area contributed by atoms with E-state index >= 15 is 0 Å². The SMILES string of the molecule is CCCC(C)(C=O)CN1CC2CCCC2C1. The molecule has 2 heteroatoms. The summed E-state index contributed by atoms with van der Waals surface area (Å²) in [5, 5.41) is 0. The van der Waals surface area contributed by atoms with E-state index in [4.69, 9.17) is 0 Å². The Labute approximate surface area is 99.4 Å². The van der Waals surface area contributed by atoms with E-state index in [1.54, 1.807) is 0 Å². The van der Waals surface area contributed by atoms with Gasteiger partial charge in [-0.25, -0.2) is 0 Å². The number of carbonyl (C=O) groups excluding carboxylic acids is 1. The fourth-order valence-electron chi connectivity index (χ4n) is 3.72. The lowest BCUT2D eigenvalue weighted by Gasteiger charge is -2.29. The number of likely N-dealkylation sites (tertiary alicyclic amines) is 1. The van der Waals surface area contributed by atoms with Crippen molar-refractivity contribution in [1.82, 2.24) is 4.90 Å². The number of fused-ring (bicyclic) bond motifs is 1. The maximum Gasteiger partial charge on any atom is 0.127 e. The van der Waals surface area contributed by atoms with Gasteiger partial charge in [0.15, 0.2) is 0 Å². The lowest BCUT2D eigenvalue weighted by molar-refractivity contribution is -0.116. The van der Waals surface area contributed by atoms with E-state index in [-0.39, 0.29) is 5.41 Å². The van der Waals surface area contributed by atoms with Crippen LogP contribution in [0.25, 0.3) is 0 Å². The summed E-state index contributed by atoms with van der Waals surface area (Å²) >= 11 is 0. The van der Waals surface area contributed by atoms with E-state index in [0.29, 0.717) is 0 Å². The lowest BCUT2D eigenvalue weighted by Crippen LogP contribution is -2.36. The zero-order valence-electron chi connectivity index (χ0n) is 10.7. The molecule has 2 aliphatic rings. The zero-order chi connectivity index (χ0) is 11.6. The van der Waals surface area contributed by atoms with Gasteiger partial charge >= 0.3 is 0 Å². The lowest BCUT2D eigenvalue weighted by atomic mass is 9.87. The molecule has 0 amide bonds. The largest absolute Gasteiger partial charge is 0.303 e. The molecule has 0 bridgehead atoms. The fourth-order valence-corrected chi connectivity index (χ4v) is 3.72. The van der Waals surface area contributed by atoms with E-state index in [1.807, 2.05) is 0 Å². The molecule has 2 nitrogen and oxygen atoms in total. The second kappa shape index (κ2) is 4.87. The Morgan fingerprint density at radius 1 is 1.31 bits per heavy atom. The minimum atomic E-state index is -0.104. The Balaban J connectivity index is 1.88. The Morgan fingerprint density at radius 2 is 1.94 bits per heavy atom. The molecule has 0 N–H and O–H groups in total. The summed E-state index contributed by atoms with van der Waals surface area (Å²) in [6.07, 6.45) is 7.60. The fraction of sp³-hybridized carbons (Fsp3) is 0.929. The zero-order valence-corrected chi connectivity index (χ0v) is 10.7. The summed E-state index contributed by atoms with van der Waals surface area (Å²) in [6.45, 7) is 7.77. The van der Waals surface area contributed by atoms with E-state index in [2.05, 4.69) is 18.7 Å². The maximum atomic E-state index is 11.2. The van der Waals surface area contributed by atoms with Crippen LogP contribution in [0.2, 0.25) is 0 Å². The molecule has 1 aliphatic carbocycles. The highest BCUT2D eigenvalue weighted by Gasteiger charge is 2.38. The third kappa shape index (κ3) is 2.48. The number of carbonyl (C=O) groups is 1. The summed E-state index contributed by atoms with van der Waals surface area (Å²) in [5.74, 6) is 1.88. The van der Waals surface area contributed by atoms with Crippen LogP contribution < -0.4 is 0 Å². The van der Waals surface area contributed by atoms with Crippen molar-refractivity contribution in [3.8, 4) is 0 Å². The van der Waals surface area contributed by atoms with Gasteiger partial charge < -0.3 is 9.69 Å². The molecule has 16 heavy (non-hydrogen) atoms. The Bertz CT molecular complexity index is 241. The minimum Gasteiger partial charge on any atom is -0.303 e. The average Bonchev–Trinajstić information content (AvgIpc) is 2.78. The summed E-state index contributed by atoms with van der Waals surface area (Å²) in [5.41, 5.74) is -0.104. The van der Waals surface area contributed by atoms with Crippen LogP contribution in [0, 0.1) is 17.3 Å². The minimum absolute atomic E-state index is 0.104. The number of aldehydes is 1. The van der Waals surface area contributed by atoms with Gasteiger partial charge in [-0.3, -0.25) is 0 Å². The van der Waals surface area contributed by atoms with Crippen molar-refractivity contribution < 1.29 is 4.79 Å². The molecule has 2 fully saturated rings. The summed E-state index contributed by atoms with van der Waals surface area (Å²) in [4.78, 5) is 13.8. The highest BCUT2D eigenvalue weighted by atomic mass is 16.1. The van der Waals surface area contributed by atoms with Gasteiger partial charge in [0.25, 0.3) is 0 Å². The van der Waals surface area contributed by atoms with Crippen molar-refractivity contribution in [3.05, 3.63) is 0 Å². The number of rotatable bonds is 5. The van der Waals surface area contributed by atoms with E-state index in [0.717, 1.165) is 31.2 Å². The standard InChI is InChI=1S/C14H25NO/c1-3-7-14(2,11-16)10-15-8-12-5-4-6-13(12)9-15/h11-13H,3-10H2,1-2H3. The smallest absolute Gasteiger partial charge is 0.127 e. The molecule has 3 unspecified atom stereocenters. The van der Waals surface area contributed by atoms with Crippen LogP contribution in [0.15, 0.2) is 0 Å². The molecule has 1 aliphatic heterocycles. The summed E-state index contributed by atoms with van der Waals surface area (Å²) < 4.78 is 0. The summed E-state index contributed by atoms with van der Waals surface area (Å²) in [7, 11) is 0. The normalized spacial score (nSPS) is 33.6. The number of hydrogen-bond acceptors (Lipinski definition) is 2. The molecule has 92 valence electrons. The van der Waals surface area contributed by atoms with Gasteiger partial charge in [-0.2, -0.15) is 0 Å². The van der Waals surface area contributed by atoms with Crippen molar-refractivity contribution >= 4 is 6.29 Å². The molecule has 0 aromatic rings. The second-order valence-corrected chi connectivity index (χ2v) is 6.17. The molecule has 2 rings (SSSR count). The Hall–Kier alpha value is -0.370. The van der Waals surface area contributed by atoms with Crippen LogP contribution in [0.5, 0.6) is 0 Å². The molecule has 0 aromatic carbocycles. The molecule has 1 saturated carbocycles. The van der Waals surface area contributed by atoms with Crippen molar-refractivity contribution in [2.75, 3.05) is 19.6 Å². The van der Waals surface area contributed by atoms with Crippen molar-refractivity contribution in [2.45, 2.75) is 46.0 Å². The van der Waals surface area contributed by atoms with Gasteiger partial charge in [0.05, 0.1) is 0 Å². The molecule has 3 atom stereocenters. The van der Waals surface area contributed by atoms with Crippen molar-refractivity contribution in [1.29, 1.82) is 0 Å². The predicted molar refractivity (Wildman–Crippen MR) is 66.4 cm³/mol. The van der Waals surface area contributed by atoms with Gasteiger partial charge in [0, 0.05) is 25.0 Å². The first kappa shape index (κ1) is 12.1. The van der Waals surface area contributed by atoms with Gasteiger partial charge in [-0.15, -0.1) is 0 Å². The van der Waals surface area contributed by atoms with E-state index in [9.17, 15) is 4.79 Å². The quantitative estimate of drug-likeness (QED) is 0.668. The summed E-state index contributed by atoms with van der Waals surface area (Å²) in [6, 6.07) is 0. The molecule has 0 spiro atoms. The van der Waals surface area contributed by atoms with Crippen LogP contribution in [0.1, 0.15) is 46.0 Å². The monoisotopic (exact) mass is 223 g/mol. The molecular formula is C14H25NO. The average molecular weight is 223 g/mol. The topological polar surface area (TPSA) is 20.3 Å². The number of hydrogen-bond donors (Lipinski definition) is 0. The third-order valence-corrected chi connectivity index (χ3v) is 4.49. The highest BCUT2D eigenvalue weighted by Crippen LogP contribution is 2.38. The Morgan fingerprint density at radius 3 is 2.44 bits per heavy atom. The molecule has 0 radical (unpaired) electrons. The third-order valence-electron chi connectivity index (χ3n) is 4.49. The predicted octanol–water partition coefficient (Wildman–Crippen LogP) is 2.72. The van der Waals surface area contributed by atoms with Gasteiger partial charge in [-0.05, 0) is 31.1 Å². The van der Waals surface area contributed by atoms with Crippen LogP contribution >= 0.6 is 0 Å². The van der Waals surface area contributed by atoms with E-state index < -0.39 is 0 Å². The number of nitrogens with zero attached hydrogens (tertiary/aromatic N) is 1. The van der Waals surface area contributed by atoms with Crippen molar-refractivity contribution in [3.63, 3.8) is 0 Å². The van der Waals surface area contributed by atoms with Crippen molar-refractivity contribution in [2.24, 2.45) is 17.3 Å². The molecule has 1 heterocycles. The molecular weight excluding hydrogens is 198 g/mol. The van der Waals surface area contributed by atoms with Crippen LogP contribution in [0.3, 0.4) is 0 Å². The van der Waals surface area contributed by atoms with Crippen LogP contribution in [-0.2, 0) is 4.79 Å².